The third kappa shape index (κ3) is 3.60. The number of nitrogens with zero attached hydrogens (tertiary/aromatic N) is 1. The minimum atomic E-state index is -1.35. The summed E-state index contributed by atoms with van der Waals surface area (Å²) >= 11 is 0. The lowest BCUT2D eigenvalue weighted by atomic mass is 9.68. The summed E-state index contributed by atoms with van der Waals surface area (Å²) in [6.45, 7) is 18.8. The van der Waals surface area contributed by atoms with Crippen molar-refractivity contribution in [1.82, 2.24) is 15.5 Å². The molecule has 3 rings (SSSR count). The van der Waals surface area contributed by atoms with Gasteiger partial charge in [0.25, 0.3) is 0 Å². The zero-order valence-corrected chi connectivity index (χ0v) is 18.6. The molecule has 0 aromatic heterocycles. The summed E-state index contributed by atoms with van der Waals surface area (Å²) in [4.78, 5) is 14.8. The van der Waals surface area contributed by atoms with Gasteiger partial charge >= 0.3 is 6.09 Å². The van der Waals surface area contributed by atoms with Crippen molar-refractivity contribution in [3.05, 3.63) is 0 Å². The Morgan fingerprint density at radius 3 is 1.70 bits per heavy atom. The number of hydrogen-bond acceptors (Lipinski definition) is 5. The predicted octanol–water partition coefficient (Wildman–Crippen LogP) is 3.14. The molecule has 0 aliphatic carbocycles. The molecule has 3 fully saturated rings. The lowest BCUT2D eigenvalue weighted by Gasteiger charge is -2.55. The number of piperidine rings is 2. The Morgan fingerprint density at radius 2 is 1.26 bits per heavy atom. The quantitative estimate of drug-likeness (QED) is 0.651. The van der Waals surface area contributed by atoms with E-state index in [1.54, 1.807) is 11.8 Å². The van der Waals surface area contributed by atoms with Crippen molar-refractivity contribution in [1.29, 1.82) is 0 Å². The molecule has 0 aromatic carbocycles. The molecular weight excluding hydrogens is 342 g/mol. The first-order chi connectivity index (χ1) is 11.9. The maximum absolute atomic E-state index is 13.1. The van der Waals surface area contributed by atoms with Crippen molar-refractivity contribution in [3.63, 3.8) is 0 Å². The molecule has 3 aliphatic rings. The molecule has 0 unspecified atom stereocenters. The van der Waals surface area contributed by atoms with Crippen LogP contribution in [0.5, 0.6) is 0 Å². The van der Waals surface area contributed by atoms with Crippen molar-refractivity contribution in [2.24, 2.45) is 0 Å². The molecule has 0 radical (unpaired) electrons. The van der Waals surface area contributed by atoms with E-state index in [0.717, 1.165) is 12.8 Å². The van der Waals surface area contributed by atoms with E-state index in [9.17, 15) is 9.90 Å². The van der Waals surface area contributed by atoms with Gasteiger partial charge in [-0.3, -0.25) is 4.90 Å². The molecule has 3 N–H and O–H groups in total. The smallest absolute Gasteiger partial charge is 0.413 e. The highest BCUT2D eigenvalue weighted by Crippen LogP contribution is 2.52. The molecule has 6 nitrogen and oxygen atoms in total. The highest BCUT2D eigenvalue weighted by Gasteiger charge is 2.68. The summed E-state index contributed by atoms with van der Waals surface area (Å²) in [6, 6.07) is -0.0702. The first-order valence-corrected chi connectivity index (χ1v) is 10.2. The van der Waals surface area contributed by atoms with Gasteiger partial charge in [-0.2, -0.15) is 0 Å². The van der Waals surface area contributed by atoms with E-state index in [1.807, 2.05) is 0 Å². The fraction of sp³-hybridized carbons (Fsp3) is 0.952. The predicted molar refractivity (Wildman–Crippen MR) is 107 cm³/mol. The van der Waals surface area contributed by atoms with E-state index in [1.165, 1.54) is 0 Å². The number of carbonyl (C=O) groups is 1. The van der Waals surface area contributed by atoms with Crippen LogP contribution < -0.4 is 10.6 Å². The first kappa shape index (κ1) is 20.9. The van der Waals surface area contributed by atoms with E-state index in [-0.39, 0.29) is 34.3 Å². The molecule has 6 heteroatoms. The first-order valence-electron chi connectivity index (χ1n) is 10.2. The fourth-order valence-electron chi connectivity index (χ4n) is 6.57. The Hall–Kier alpha value is -0.850. The number of amides is 1. The summed E-state index contributed by atoms with van der Waals surface area (Å²) < 4.78 is 6.06. The van der Waals surface area contributed by atoms with Gasteiger partial charge in [0.2, 0.25) is 0 Å². The van der Waals surface area contributed by atoms with E-state index in [2.05, 4.69) is 66.0 Å². The summed E-state index contributed by atoms with van der Waals surface area (Å²) in [5, 5.41) is 19.1. The normalized spacial score (nSPS) is 36.7. The molecule has 0 aromatic rings. The largest absolute Gasteiger partial charge is 0.437 e. The van der Waals surface area contributed by atoms with E-state index in [4.69, 9.17) is 4.74 Å². The zero-order chi connectivity index (χ0) is 20.7. The molecule has 0 bridgehead atoms. The van der Waals surface area contributed by atoms with Gasteiger partial charge in [0.05, 0.1) is 0 Å². The monoisotopic (exact) mass is 381 g/mol. The second-order valence-electron chi connectivity index (χ2n) is 12.0. The molecule has 156 valence electrons. The number of nitrogens with one attached hydrogen (secondary N) is 2. The van der Waals surface area contributed by atoms with E-state index >= 15 is 0 Å². The van der Waals surface area contributed by atoms with Crippen molar-refractivity contribution in [3.8, 4) is 0 Å². The van der Waals surface area contributed by atoms with Crippen molar-refractivity contribution in [2.75, 3.05) is 0 Å². The fourth-order valence-corrected chi connectivity index (χ4v) is 6.57. The van der Waals surface area contributed by atoms with Crippen LogP contribution in [-0.2, 0) is 4.74 Å². The Bertz CT molecular complexity index is 605. The van der Waals surface area contributed by atoms with Crippen molar-refractivity contribution >= 4 is 6.09 Å². The van der Waals surface area contributed by atoms with Crippen LogP contribution in [-0.4, -0.2) is 55.6 Å². The van der Waals surface area contributed by atoms with Gasteiger partial charge < -0.3 is 20.5 Å². The number of carbonyl (C=O) groups excluding carboxylic acids is 1. The Balaban J connectivity index is 1.99. The van der Waals surface area contributed by atoms with Crippen molar-refractivity contribution < 1.29 is 14.6 Å². The number of hydrogen-bond donors (Lipinski definition) is 3. The second-order valence-corrected chi connectivity index (χ2v) is 12.0. The summed E-state index contributed by atoms with van der Waals surface area (Å²) in [5.74, 6) is 0. The van der Waals surface area contributed by atoms with E-state index in [0.29, 0.717) is 12.8 Å². The second kappa shape index (κ2) is 5.61. The standard InChI is InChI=1S/C21H39N3O3/c1-16(2)10-14(11-17(3,4)22-16)24-15(25)27-21(20(24,9)26)12-18(5,6)23-19(7,8)13-21/h14,22-23,26H,10-13H2,1-9H3/t20-/m1/s1. The Morgan fingerprint density at radius 1 is 0.852 bits per heavy atom. The Labute approximate surface area is 164 Å². The minimum absolute atomic E-state index is 0.0702. The number of aliphatic hydroxyl groups is 1. The third-order valence-electron chi connectivity index (χ3n) is 6.48. The zero-order valence-electron chi connectivity index (χ0n) is 18.6. The summed E-state index contributed by atoms with van der Waals surface area (Å²) in [5.41, 5.74) is -2.99. The van der Waals surface area contributed by atoms with E-state index < -0.39 is 11.3 Å². The lowest BCUT2D eigenvalue weighted by Crippen LogP contribution is -2.72. The molecule has 27 heavy (non-hydrogen) atoms. The Kier molecular flexibility index (Phi) is 4.33. The van der Waals surface area contributed by atoms with Crippen LogP contribution in [0, 0.1) is 0 Å². The molecule has 3 heterocycles. The third-order valence-corrected chi connectivity index (χ3v) is 6.48. The topological polar surface area (TPSA) is 73.8 Å². The average molecular weight is 382 g/mol. The molecule has 1 amide bonds. The molecule has 3 saturated heterocycles. The molecule has 1 spiro atoms. The van der Waals surface area contributed by atoms with Gasteiger partial charge in [-0.05, 0) is 75.2 Å². The van der Waals surface area contributed by atoms with Gasteiger partial charge in [-0.1, -0.05) is 0 Å². The highest BCUT2D eigenvalue weighted by molar-refractivity contribution is 5.73. The highest BCUT2D eigenvalue weighted by atomic mass is 16.6. The van der Waals surface area contributed by atoms with Gasteiger partial charge in [0.1, 0.15) is 0 Å². The number of ether oxygens (including phenoxy) is 1. The van der Waals surface area contributed by atoms with Crippen LogP contribution >= 0.6 is 0 Å². The molecule has 1 atom stereocenters. The minimum Gasteiger partial charge on any atom is -0.437 e. The van der Waals surface area contributed by atoms with Gasteiger partial charge in [-0.15, -0.1) is 0 Å². The van der Waals surface area contributed by atoms with Crippen LogP contribution in [0.2, 0.25) is 0 Å². The maximum Gasteiger partial charge on any atom is 0.413 e. The molecule has 0 saturated carbocycles. The van der Waals surface area contributed by atoms with Crippen LogP contribution in [0.4, 0.5) is 4.79 Å². The summed E-state index contributed by atoms with van der Waals surface area (Å²) in [6.07, 6.45) is 2.34. The van der Waals surface area contributed by atoms with Crippen LogP contribution in [0.1, 0.15) is 88.0 Å². The average Bonchev–Trinajstić information content (AvgIpc) is 2.45. The van der Waals surface area contributed by atoms with Crippen LogP contribution in [0.3, 0.4) is 0 Å². The van der Waals surface area contributed by atoms with Gasteiger partial charge in [0.15, 0.2) is 11.3 Å². The van der Waals surface area contributed by atoms with Gasteiger partial charge in [-0.25, -0.2) is 4.79 Å². The van der Waals surface area contributed by atoms with Crippen LogP contribution in [0.15, 0.2) is 0 Å². The summed E-state index contributed by atoms with van der Waals surface area (Å²) in [7, 11) is 0. The number of rotatable bonds is 1. The maximum atomic E-state index is 13.1. The lowest BCUT2D eigenvalue weighted by molar-refractivity contribution is -0.190. The van der Waals surface area contributed by atoms with Crippen LogP contribution in [0.25, 0.3) is 0 Å². The van der Waals surface area contributed by atoms with Gasteiger partial charge in [0, 0.05) is 41.0 Å². The molecular formula is C21H39N3O3. The SMILES string of the molecule is CC1(C)CC(N2C(=O)OC3(CC(C)(C)NC(C)(C)C3)[C@@]2(C)O)CC(C)(C)N1. The molecule has 3 aliphatic heterocycles. The van der Waals surface area contributed by atoms with Crippen molar-refractivity contribution in [2.45, 2.75) is 128 Å².